The summed E-state index contributed by atoms with van der Waals surface area (Å²) in [5.74, 6) is 0.617. The Balaban J connectivity index is 0.00000261. The first kappa shape index (κ1) is 22.1. The maximum Gasteiger partial charge on any atom is 0.191 e. The lowest BCUT2D eigenvalue weighted by molar-refractivity contribution is 0.249. The highest BCUT2D eigenvalue weighted by Crippen LogP contribution is 2.27. The number of rotatable bonds is 7. The molecule has 27 heavy (non-hydrogen) atoms. The third-order valence-corrected chi connectivity index (χ3v) is 5.76. The van der Waals surface area contributed by atoms with E-state index in [0.29, 0.717) is 19.0 Å². The summed E-state index contributed by atoms with van der Waals surface area (Å²) in [6.45, 7) is 3.78. The largest absolute Gasteiger partial charge is 0.356 e. The summed E-state index contributed by atoms with van der Waals surface area (Å²) in [4.78, 5) is 8.24. The van der Waals surface area contributed by atoms with Gasteiger partial charge in [-0.3, -0.25) is 9.89 Å². The molecule has 0 spiro atoms. The number of nitrogens with one attached hydrogen (secondary N) is 2. The number of nitrogens with zero attached hydrogens (tertiary/aromatic N) is 2. The van der Waals surface area contributed by atoms with Crippen molar-refractivity contribution >= 4 is 41.3 Å². The van der Waals surface area contributed by atoms with Gasteiger partial charge in [0.25, 0.3) is 0 Å². The zero-order valence-corrected chi connectivity index (χ0v) is 18.8. The molecule has 0 bridgehead atoms. The van der Waals surface area contributed by atoms with Crippen molar-refractivity contribution in [3.8, 4) is 0 Å². The number of halogens is 2. The van der Waals surface area contributed by atoms with Gasteiger partial charge in [0.1, 0.15) is 5.82 Å². The van der Waals surface area contributed by atoms with E-state index in [2.05, 4.69) is 38.0 Å². The Morgan fingerprint density at radius 3 is 2.63 bits per heavy atom. The minimum atomic E-state index is -0.149. The Morgan fingerprint density at radius 2 is 1.96 bits per heavy atom. The summed E-state index contributed by atoms with van der Waals surface area (Å²) in [7, 11) is 1.77. The Kier molecular flexibility index (Phi) is 9.50. The minimum absolute atomic E-state index is 0. The standard InChI is InChI=1S/C20H27FN4S.HI/c1-22-20(23-11-10-16-7-2-3-8-17(16)21)24-15-18(19-9-6-14-26-19)25-12-4-5-13-25;/h2-3,6-9,14,18H,4-5,10-13,15H2,1H3,(H2,22,23,24);1H. The van der Waals surface area contributed by atoms with Crippen molar-refractivity contribution in [1.29, 1.82) is 0 Å². The fraction of sp³-hybridized carbons (Fsp3) is 0.450. The topological polar surface area (TPSA) is 39.7 Å². The van der Waals surface area contributed by atoms with E-state index in [1.807, 2.05) is 23.5 Å². The number of guanidine groups is 1. The van der Waals surface area contributed by atoms with E-state index in [1.165, 1.54) is 23.8 Å². The van der Waals surface area contributed by atoms with Gasteiger partial charge in [-0.15, -0.1) is 35.3 Å². The molecule has 1 atom stereocenters. The Hall–Kier alpha value is -1.19. The van der Waals surface area contributed by atoms with Crippen LogP contribution in [-0.4, -0.2) is 44.1 Å². The Bertz CT molecular complexity index is 702. The summed E-state index contributed by atoms with van der Waals surface area (Å²) in [6.07, 6.45) is 3.18. The van der Waals surface area contributed by atoms with Crippen LogP contribution in [0.3, 0.4) is 0 Å². The van der Waals surface area contributed by atoms with Crippen molar-refractivity contribution in [2.24, 2.45) is 4.99 Å². The summed E-state index contributed by atoms with van der Waals surface area (Å²) < 4.78 is 13.7. The zero-order chi connectivity index (χ0) is 18.2. The molecular weight excluding hydrogens is 474 g/mol. The van der Waals surface area contributed by atoms with Crippen LogP contribution >= 0.6 is 35.3 Å². The van der Waals surface area contributed by atoms with Crippen LogP contribution in [0.15, 0.2) is 46.8 Å². The number of hydrogen-bond donors (Lipinski definition) is 2. The van der Waals surface area contributed by atoms with E-state index in [1.54, 1.807) is 13.1 Å². The molecular formula is C20H28FIN4S. The molecule has 7 heteroatoms. The SMILES string of the molecule is CN=C(NCCc1ccccc1F)NCC(c1cccs1)N1CCCC1.I. The van der Waals surface area contributed by atoms with Gasteiger partial charge in [0.2, 0.25) is 0 Å². The molecule has 4 nitrogen and oxygen atoms in total. The Morgan fingerprint density at radius 1 is 1.19 bits per heavy atom. The molecule has 3 rings (SSSR count). The smallest absolute Gasteiger partial charge is 0.191 e. The molecule has 1 aromatic heterocycles. The summed E-state index contributed by atoms with van der Waals surface area (Å²) in [5, 5.41) is 8.88. The van der Waals surface area contributed by atoms with Gasteiger partial charge in [0, 0.05) is 25.0 Å². The van der Waals surface area contributed by atoms with Gasteiger partial charge in [-0.05, 0) is 55.4 Å². The molecule has 0 aliphatic carbocycles. The van der Waals surface area contributed by atoms with Gasteiger partial charge in [-0.1, -0.05) is 24.3 Å². The second-order valence-corrected chi connectivity index (χ2v) is 7.47. The normalized spacial score (nSPS) is 16.0. The van der Waals surface area contributed by atoms with Crippen molar-refractivity contribution in [3.63, 3.8) is 0 Å². The van der Waals surface area contributed by atoms with Crippen molar-refractivity contribution < 1.29 is 4.39 Å². The first-order valence-electron chi connectivity index (χ1n) is 9.23. The number of hydrogen-bond acceptors (Lipinski definition) is 3. The molecule has 2 heterocycles. The molecule has 2 N–H and O–H groups in total. The summed E-state index contributed by atoms with van der Waals surface area (Å²) in [5.41, 5.74) is 0.726. The minimum Gasteiger partial charge on any atom is -0.356 e. The van der Waals surface area contributed by atoms with Crippen molar-refractivity contribution in [2.75, 3.05) is 33.2 Å². The summed E-state index contributed by atoms with van der Waals surface area (Å²) in [6, 6.07) is 11.6. The van der Waals surface area contributed by atoms with E-state index in [-0.39, 0.29) is 29.8 Å². The highest BCUT2D eigenvalue weighted by molar-refractivity contribution is 14.0. The van der Waals surface area contributed by atoms with Crippen LogP contribution in [0.4, 0.5) is 4.39 Å². The molecule has 0 amide bonds. The molecule has 1 saturated heterocycles. The van der Waals surface area contributed by atoms with Crippen LogP contribution in [0.25, 0.3) is 0 Å². The summed E-state index contributed by atoms with van der Waals surface area (Å²) >= 11 is 1.81. The van der Waals surface area contributed by atoms with Gasteiger partial charge in [0.05, 0.1) is 6.04 Å². The molecule has 0 radical (unpaired) electrons. The number of benzene rings is 1. The fourth-order valence-corrected chi connectivity index (χ4v) is 4.24. The lowest BCUT2D eigenvalue weighted by Crippen LogP contribution is -2.43. The van der Waals surface area contributed by atoms with E-state index in [0.717, 1.165) is 31.2 Å². The molecule has 1 unspecified atom stereocenters. The van der Waals surface area contributed by atoms with Crippen LogP contribution in [0, 0.1) is 5.82 Å². The lowest BCUT2D eigenvalue weighted by Gasteiger charge is -2.27. The predicted octanol–water partition coefficient (Wildman–Crippen LogP) is 4.05. The maximum absolute atomic E-state index is 13.7. The first-order chi connectivity index (χ1) is 12.8. The second kappa shape index (κ2) is 11.6. The van der Waals surface area contributed by atoms with Gasteiger partial charge in [0.15, 0.2) is 5.96 Å². The van der Waals surface area contributed by atoms with Crippen LogP contribution in [0.5, 0.6) is 0 Å². The van der Waals surface area contributed by atoms with Gasteiger partial charge >= 0.3 is 0 Å². The number of aliphatic imine (C=N–C) groups is 1. The van der Waals surface area contributed by atoms with Gasteiger partial charge in [-0.2, -0.15) is 0 Å². The highest BCUT2D eigenvalue weighted by Gasteiger charge is 2.24. The molecule has 1 aromatic carbocycles. The average molecular weight is 502 g/mol. The lowest BCUT2D eigenvalue weighted by atomic mass is 10.1. The second-order valence-electron chi connectivity index (χ2n) is 6.50. The average Bonchev–Trinajstić information content (AvgIpc) is 3.36. The number of likely N-dealkylation sites (tertiary alicyclic amines) is 1. The van der Waals surface area contributed by atoms with Crippen molar-refractivity contribution in [1.82, 2.24) is 15.5 Å². The van der Waals surface area contributed by atoms with Crippen LogP contribution in [-0.2, 0) is 6.42 Å². The van der Waals surface area contributed by atoms with E-state index in [4.69, 9.17) is 0 Å². The molecule has 2 aromatic rings. The van der Waals surface area contributed by atoms with Crippen molar-refractivity contribution in [3.05, 3.63) is 58.0 Å². The third kappa shape index (κ3) is 6.43. The van der Waals surface area contributed by atoms with E-state index in [9.17, 15) is 4.39 Å². The molecule has 1 aliphatic rings. The van der Waals surface area contributed by atoms with Crippen LogP contribution in [0.1, 0.15) is 29.3 Å². The molecule has 1 aliphatic heterocycles. The fourth-order valence-electron chi connectivity index (χ4n) is 3.37. The van der Waals surface area contributed by atoms with E-state index < -0.39 is 0 Å². The van der Waals surface area contributed by atoms with Crippen LogP contribution in [0.2, 0.25) is 0 Å². The third-order valence-electron chi connectivity index (χ3n) is 4.78. The molecule has 0 saturated carbocycles. The first-order valence-corrected chi connectivity index (χ1v) is 10.1. The Labute approximate surface area is 182 Å². The van der Waals surface area contributed by atoms with Crippen LogP contribution < -0.4 is 10.6 Å². The van der Waals surface area contributed by atoms with Gasteiger partial charge < -0.3 is 10.6 Å². The van der Waals surface area contributed by atoms with E-state index >= 15 is 0 Å². The predicted molar refractivity (Wildman–Crippen MR) is 123 cm³/mol. The number of thiophene rings is 1. The highest BCUT2D eigenvalue weighted by atomic mass is 127. The maximum atomic E-state index is 13.7. The van der Waals surface area contributed by atoms with Crippen molar-refractivity contribution in [2.45, 2.75) is 25.3 Å². The molecule has 1 fully saturated rings. The zero-order valence-electron chi connectivity index (χ0n) is 15.7. The molecule has 148 valence electrons. The monoisotopic (exact) mass is 502 g/mol. The van der Waals surface area contributed by atoms with Gasteiger partial charge in [-0.25, -0.2) is 4.39 Å². The quantitative estimate of drug-likeness (QED) is 0.341.